The molecule has 0 spiro atoms. The van der Waals surface area contributed by atoms with Gasteiger partial charge in [0, 0.05) is 14.1 Å². The van der Waals surface area contributed by atoms with E-state index in [9.17, 15) is 5.21 Å². The minimum atomic E-state index is 0.480. The lowest BCUT2D eigenvalue weighted by molar-refractivity contribution is 0.197. The Morgan fingerprint density at radius 2 is 2.15 bits per heavy atom. The standard InChI is InChI=1S/C7H9N5O/c1-8-6-5-7(10-4-12(5)13)11(2)3-9-6/h3-4,13H,1-2H3. The molecule has 2 aromatic heterocycles. The molecule has 0 saturated heterocycles. The minimum Gasteiger partial charge on any atom is -0.427 e. The fourth-order valence-electron chi connectivity index (χ4n) is 1.21. The van der Waals surface area contributed by atoms with E-state index in [1.54, 1.807) is 17.9 Å². The summed E-state index contributed by atoms with van der Waals surface area (Å²) in [6.07, 6.45) is 2.93. The van der Waals surface area contributed by atoms with Crippen molar-refractivity contribution in [3.05, 3.63) is 18.1 Å². The van der Waals surface area contributed by atoms with Gasteiger partial charge in [-0.25, -0.2) is 9.97 Å². The van der Waals surface area contributed by atoms with Gasteiger partial charge in [0.05, 0.1) is 6.33 Å². The average Bonchev–Trinajstić information content (AvgIpc) is 2.51. The lowest BCUT2D eigenvalue weighted by atomic mass is 10.5. The summed E-state index contributed by atoms with van der Waals surface area (Å²) in [6.45, 7) is 0. The highest BCUT2D eigenvalue weighted by molar-refractivity contribution is 5.68. The average molecular weight is 179 g/mol. The van der Waals surface area contributed by atoms with Gasteiger partial charge in [0.25, 0.3) is 0 Å². The highest BCUT2D eigenvalue weighted by Crippen LogP contribution is 2.02. The van der Waals surface area contributed by atoms with Gasteiger partial charge in [-0.3, -0.25) is 4.99 Å². The molecule has 13 heavy (non-hydrogen) atoms. The normalized spacial score (nSPS) is 12.6. The molecule has 2 aromatic rings. The largest absolute Gasteiger partial charge is 0.427 e. The number of imidazole rings is 1. The third kappa shape index (κ3) is 0.986. The van der Waals surface area contributed by atoms with Crippen molar-refractivity contribution in [2.24, 2.45) is 12.0 Å². The van der Waals surface area contributed by atoms with E-state index < -0.39 is 0 Å². The molecule has 1 N–H and O–H groups in total. The van der Waals surface area contributed by atoms with E-state index in [-0.39, 0.29) is 0 Å². The van der Waals surface area contributed by atoms with E-state index in [0.29, 0.717) is 16.7 Å². The molecule has 2 heterocycles. The maximum Gasteiger partial charge on any atom is 0.180 e. The van der Waals surface area contributed by atoms with Crippen LogP contribution >= 0.6 is 0 Å². The summed E-state index contributed by atoms with van der Waals surface area (Å²) in [5.74, 6) is 0. The van der Waals surface area contributed by atoms with E-state index in [1.807, 2.05) is 7.05 Å². The second kappa shape index (κ2) is 2.58. The van der Waals surface area contributed by atoms with Crippen LogP contribution in [0, 0.1) is 0 Å². The number of rotatable bonds is 0. The number of hydrogen-bond acceptors (Lipinski definition) is 4. The van der Waals surface area contributed by atoms with Crippen LogP contribution in [0.15, 0.2) is 17.6 Å². The smallest absolute Gasteiger partial charge is 0.180 e. The predicted molar refractivity (Wildman–Crippen MR) is 45.2 cm³/mol. The van der Waals surface area contributed by atoms with Gasteiger partial charge in [-0.15, -0.1) is 0 Å². The molecule has 6 nitrogen and oxygen atoms in total. The first-order chi connectivity index (χ1) is 6.24. The van der Waals surface area contributed by atoms with Crippen molar-refractivity contribution in [3.63, 3.8) is 0 Å². The van der Waals surface area contributed by atoms with Gasteiger partial charge in [0.2, 0.25) is 0 Å². The Morgan fingerprint density at radius 1 is 1.38 bits per heavy atom. The summed E-state index contributed by atoms with van der Waals surface area (Å²) in [7, 11) is 3.43. The van der Waals surface area contributed by atoms with Crippen molar-refractivity contribution in [2.45, 2.75) is 0 Å². The fraction of sp³-hybridized carbons (Fsp3) is 0.286. The molecule has 0 aliphatic carbocycles. The van der Waals surface area contributed by atoms with Crippen LogP contribution in [-0.4, -0.2) is 31.5 Å². The molecule has 0 unspecified atom stereocenters. The highest BCUT2D eigenvalue weighted by Gasteiger charge is 2.06. The summed E-state index contributed by atoms with van der Waals surface area (Å²) >= 11 is 0. The Kier molecular flexibility index (Phi) is 1.54. The van der Waals surface area contributed by atoms with Gasteiger partial charge in [-0.05, 0) is 0 Å². The van der Waals surface area contributed by atoms with Crippen LogP contribution in [-0.2, 0) is 7.05 Å². The van der Waals surface area contributed by atoms with Crippen LogP contribution in [0.25, 0.3) is 11.2 Å². The molecule has 0 atom stereocenters. The van der Waals surface area contributed by atoms with E-state index >= 15 is 0 Å². The van der Waals surface area contributed by atoms with Gasteiger partial charge >= 0.3 is 0 Å². The lowest BCUT2D eigenvalue weighted by Gasteiger charge is -1.98. The molecule has 0 radical (unpaired) electrons. The molecule has 6 heteroatoms. The third-order valence-electron chi connectivity index (χ3n) is 1.84. The van der Waals surface area contributed by atoms with Gasteiger partial charge < -0.3 is 9.77 Å². The van der Waals surface area contributed by atoms with E-state index in [1.165, 1.54) is 6.33 Å². The predicted octanol–water partition coefficient (Wildman–Crippen LogP) is -0.462. The van der Waals surface area contributed by atoms with Gasteiger partial charge in [-0.2, -0.15) is 4.73 Å². The van der Waals surface area contributed by atoms with Gasteiger partial charge in [-0.1, -0.05) is 0 Å². The number of aromatic nitrogens is 4. The molecule has 0 amide bonds. The molecule has 0 bridgehead atoms. The topological polar surface area (TPSA) is 68.2 Å². The Morgan fingerprint density at radius 3 is 2.85 bits per heavy atom. The maximum absolute atomic E-state index is 9.39. The van der Waals surface area contributed by atoms with E-state index in [4.69, 9.17) is 0 Å². The van der Waals surface area contributed by atoms with Crippen molar-refractivity contribution in [2.75, 3.05) is 7.05 Å². The summed E-state index contributed by atoms with van der Waals surface area (Å²) in [4.78, 5) is 12.0. The Bertz CT molecular complexity index is 509. The molecule has 0 aliphatic rings. The number of aryl methyl sites for hydroxylation is 1. The lowest BCUT2D eigenvalue weighted by Crippen LogP contribution is -2.14. The molecule has 0 aromatic carbocycles. The maximum atomic E-state index is 9.39. The van der Waals surface area contributed by atoms with Crippen LogP contribution in [0.1, 0.15) is 0 Å². The first-order valence-corrected chi connectivity index (χ1v) is 3.75. The Labute approximate surface area is 73.8 Å². The molecular weight excluding hydrogens is 170 g/mol. The molecule has 0 fully saturated rings. The summed E-state index contributed by atoms with van der Waals surface area (Å²) in [5, 5.41) is 9.39. The van der Waals surface area contributed by atoms with Crippen LogP contribution in [0.2, 0.25) is 0 Å². The zero-order chi connectivity index (χ0) is 9.42. The second-order valence-corrected chi connectivity index (χ2v) is 2.66. The first-order valence-electron chi connectivity index (χ1n) is 3.75. The van der Waals surface area contributed by atoms with Crippen molar-refractivity contribution in [3.8, 4) is 0 Å². The van der Waals surface area contributed by atoms with Gasteiger partial charge in [0.1, 0.15) is 6.33 Å². The van der Waals surface area contributed by atoms with Crippen molar-refractivity contribution < 1.29 is 5.21 Å². The van der Waals surface area contributed by atoms with E-state index in [0.717, 1.165) is 4.73 Å². The van der Waals surface area contributed by atoms with Crippen molar-refractivity contribution in [1.82, 2.24) is 19.3 Å². The van der Waals surface area contributed by atoms with Crippen molar-refractivity contribution >= 4 is 11.2 Å². The van der Waals surface area contributed by atoms with Crippen LogP contribution < -0.4 is 5.49 Å². The fourth-order valence-corrected chi connectivity index (χ4v) is 1.21. The highest BCUT2D eigenvalue weighted by atomic mass is 16.5. The van der Waals surface area contributed by atoms with Crippen molar-refractivity contribution in [1.29, 1.82) is 0 Å². The molecule has 68 valence electrons. The Balaban J connectivity index is 3.06. The van der Waals surface area contributed by atoms with Crippen LogP contribution in [0.4, 0.5) is 0 Å². The number of fused-ring (bicyclic) bond motifs is 1. The molecule has 2 rings (SSSR count). The number of hydrogen-bond donors (Lipinski definition) is 1. The number of nitrogens with zero attached hydrogens (tertiary/aromatic N) is 5. The first kappa shape index (κ1) is 7.78. The quantitative estimate of drug-likeness (QED) is 0.556. The van der Waals surface area contributed by atoms with Crippen LogP contribution in [0.3, 0.4) is 0 Å². The SMILES string of the molecule is CN=c1ncn(C)c2ncn(O)c12. The second-order valence-electron chi connectivity index (χ2n) is 2.66. The minimum absolute atomic E-state index is 0.480. The summed E-state index contributed by atoms with van der Waals surface area (Å²) < 4.78 is 2.64. The van der Waals surface area contributed by atoms with Crippen LogP contribution in [0.5, 0.6) is 0 Å². The van der Waals surface area contributed by atoms with Gasteiger partial charge in [0.15, 0.2) is 16.7 Å². The molecule has 0 saturated carbocycles. The third-order valence-corrected chi connectivity index (χ3v) is 1.84. The van der Waals surface area contributed by atoms with E-state index in [2.05, 4.69) is 15.0 Å². The monoisotopic (exact) mass is 179 g/mol. The summed E-state index contributed by atoms with van der Waals surface area (Å²) in [5.41, 5.74) is 1.65. The molecular formula is C7H9N5O. The zero-order valence-electron chi connectivity index (χ0n) is 7.34. The zero-order valence-corrected chi connectivity index (χ0v) is 7.34. The molecule has 0 aliphatic heterocycles. The Hall–Kier alpha value is -1.85. The summed E-state index contributed by atoms with van der Waals surface area (Å²) in [6, 6.07) is 0.